The number of benzene rings is 1. The van der Waals surface area contributed by atoms with Crippen molar-refractivity contribution in [1.29, 1.82) is 0 Å². The number of hydrogen-bond acceptors (Lipinski definition) is 4. The second-order valence-corrected chi connectivity index (χ2v) is 4.89. The molecule has 0 fully saturated rings. The SMILES string of the molecule is COc1ccc(C=CC(=O)NCCCN(C)C)c(OC)c1. The summed E-state index contributed by atoms with van der Waals surface area (Å²) in [6.07, 6.45) is 4.18. The molecule has 1 N–H and O–H groups in total. The predicted octanol–water partition coefficient (Wildman–Crippen LogP) is 1.78. The topological polar surface area (TPSA) is 50.8 Å². The van der Waals surface area contributed by atoms with Crippen LogP contribution in [0.4, 0.5) is 0 Å². The van der Waals surface area contributed by atoms with Gasteiger partial charge in [-0.25, -0.2) is 0 Å². The van der Waals surface area contributed by atoms with Crippen LogP contribution in [0.2, 0.25) is 0 Å². The van der Waals surface area contributed by atoms with E-state index in [1.54, 1.807) is 26.4 Å². The summed E-state index contributed by atoms with van der Waals surface area (Å²) >= 11 is 0. The van der Waals surface area contributed by atoms with Crippen LogP contribution >= 0.6 is 0 Å². The van der Waals surface area contributed by atoms with E-state index in [2.05, 4.69) is 10.2 Å². The summed E-state index contributed by atoms with van der Waals surface area (Å²) in [6, 6.07) is 5.47. The molecule has 0 bridgehead atoms. The molecule has 116 valence electrons. The molecule has 1 amide bonds. The molecule has 5 heteroatoms. The van der Waals surface area contributed by atoms with E-state index in [1.807, 2.05) is 26.2 Å². The molecule has 0 unspecified atom stereocenters. The summed E-state index contributed by atoms with van der Waals surface area (Å²) in [4.78, 5) is 13.8. The van der Waals surface area contributed by atoms with Gasteiger partial charge in [-0.05, 0) is 45.3 Å². The van der Waals surface area contributed by atoms with Gasteiger partial charge < -0.3 is 19.7 Å². The first-order chi connectivity index (χ1) is 10.1. The maximum atomic E-state index is 11.7. The minimum atomic E-state index is -0.105. The first kappa shape index (κ1) is 17.0. The Hall–Kier alpha value is -2.01. The van der Waals surface area contributed by atoms with Crippen molar-refractivity contribution in [2.45, 2.75) is 6.42 Å². The third kappa shape index (κ3) is 6.31. The van der Waals surface area contributed by atoms with Gasteiger partial charge in [-0.15, -0.1) is 0 Å². The van der Waals surface area contributed by atoms with Gasteiger partial charge in [0.1, 0.15) is 11.5 Å². The van der Waals surface area contributed by atoms with E-state index in [9.17, 15) is 4.79 Å². The van der Waals surface area contributed by atoms with E-state index in [4.69, 9.17) is 9.47 Å². The summed E-state index contributed by atoms with van der Waals surface area (Å²) in [5.74, 6) is 1.29. The molecule has 0 aliphatic carbocycles. The summed E-state index contributed by atoms with van der Waals surface area (Å²) in [5, 5.41) is 2.85. The van der Waals surface area contributed by atoms with E-state index in [0.29, 0.717) is 12.3 Å². The lowest BCUT2D eigenvalue weighted by Gasteiger charge is -2.09. The molecular weight excluding hydrogens is 268 g/mol. The average Bonchev–Trinajstić information content (AvgIpc) is 2.49. The lowest BCUT2D eigenvalue weighted by molar-refractivity contribution is -0.116. The number of ether oxygens (including phenoxy) is 2. The van der Waals surface area contributed by atoms with Gasteiger partial charge in [0.25, 0.3) is 0 Å². The van der Waals surface area contributed by atoms with E-state index >= 15 is 0 Å². The summed E-state index contributed by atoms with van der Waals surface area (Å²) in [6.45, 7) is 1.62. The molecule has 1 aromatic carbocycles. The van der Waals surface area contributed by atoms with Gasteiger partial charge >= 0.3 is 0 Å². The molecule has 0 aromatic heterocycles. The van der Waals surface area contributed by atoms with Crippen molar-refractivity contribution in [1.82, 2.24) is 10.2 Å². The van der Waals surface area contributed by atoms with Crippen LogP contribution in [0.25, 0.3) is 6.08 Å². The van der Waals surface area contributed by atoms with E-state index in [1.165, 1.54) is 6.08 Å². The number of nitrogens with one attached hydrogen (secondary N) is 1. The highest BCUT2D eigenvalue weighted by atomic mass is 16.5. The van der Waals surface area contributed by atoms with Crippen molar-refractivity contribution >= 4 is 12.0 Å². The Kier molecular flexibility index (Phi) is 7.32. The molecule has 1 aromatic rings. The number of hydrogen-bond donors (Lipinski definition) is 1. The van der Waals surface area contributed by atoms with Gasteiger partial charge in [-0.2, -0.15) is 0 Å². The highest BCUT2D eigenvalue weighted by Crippen LogP contribution is 2.25. The molecule has 5 nitrogen and oxygen atoms in total. The molecule has 0 aliphatic rings. The number of nitrogens with zero attached hydrogens (tertiary/aromatic N) is 1. The van der Waals surface area contributed by atoms with Crippen LogP contribution in [0, 0.1) is 0 Å². The fourth-order valence-corrected chi connectivity index (χ4v) is 1.79. The van der Waals surface area contributed by atoms with Crippen LogP contribution in [-0.2, 0) is 4.79 Å². The van der Waals surface area contributed by atoms with Crippen LogP contribution in [0.15, 0.2) is 24.3 Å². The molecule has 0 saturated heterocycles. The van der Waals surface area contributed by atoms with Gasteiger partial charge in [-0.3, -0.25) is 4.79 Å². The van der Waals surface area contributed by atoms with Crippen LogP contribution in [0.1, 0.15) is 12.0 Å². The quantitative estimate of drug-likeness (QED) is 0.586. The zero-order valence-corrected chi connectivity index (χ0v) is 13.2. The Labute approximate surface area is 126 Å². The second-order valence-electron chi connectivity index (χ2n) is 4.89. The average molecular weight is 292 g/mol. The Morgan fingerprint density at radius 2 is 2.05 bits per heavy atom. The Morgan fingerprint density at radius 3 is 2.67 bits per heavy atom. The van der Waals surface area contributed by atoms with Crippen molar-refractivity contribution in [2.24, 2.45) is 0 Å². The van der Waals surface area contributed by atoms with Gasteiger partial charge in [0.15, 0.2) is 0 Å². The monoisotopic (exact) mass is 292 g/mol. The largest absolute Gasteiger partial charge is 0.497 e. The first-order valence-electron chi connectivity index (χ1n) is 6.89. The number of methoxy groups -OCH3 is 2. The zero-order chi connectivity index (χ0) is 15.7. The van der Waals surface area contributed by atoms with Gasteiger partial charge in [0.05, 0.1) is 14.2 Å². The Morgan fingerprint density at radius 1 is 1.29 bits per heavy atom. The molecule has 0 saturated carbocycles. The molecule has 21 heavy (non-hydrogen) atoms. The molecule has 0 aliphatic heterocycles. The zero-order valence-electron chi connectivity index (χ0n) is 13.2. The van der Waals surface area contributed by atoms with E-state index in [0.717, 1.165) is 24.3 Å². The van der Waals surface area contributed by atoms with Crippen molar-refractivity contribution in [3.8, 4) is 11.5 Å². The van der Waals surface area contributed by atoms with Crippen LogP contribution in [0.3, 0.4) is 0 Å². The Bertz CT molecular complexity index is 484. The third-order valence-corrected chi connectivity index (χ3v) is 2.94. The van der Waals surface area contributed by atoms with Gasteiger partial charge in [0.2, 0.25) is 5.91 Å². The van der Waals surface area contributed by atoms with Crippen LogP contribution in [0.5, 0.6) is 11.5 Å². The minimum Gasteiger partial charge on any atom is -0.497 e. The molecular formula is C16H24N2O3. The molecule has 0 atom stereocenters. The van der Waals surface area contributed by atoms with Crippen molar-refractivity contribution in [3.05, 3.63) is 29.8 Å². The van der Waals surface area contributed by atoms with Gasteiger partial charge in [0, 0.05) is 24.3 Å². The number of amides is 1. The summed E-state index contributed by atoms with van der Waals surface area (Å²) in [5.41, 5.74) is 0.835. The maximum Gasteiger partial charge on any atom is 0.244 e. The minimum absolute atomic E-state index is 0.105. The molecule has 0 heterocycles. The highest BCUT2D eigenvalue weighted by molar-refractivity contribution is 5.92. The lowest BCUT2D eigenvalue weighted by atomic mass is 10.1. The fraction of sp³-hybridized carbons (Fsp3) is 0.438. The predicted molar refractivity (Wildman–Crippen MR) is 84.8 cm³/mol. The smallest absolute Gasteiger partial charge is 0.244 e. The van der Waals surface area contributed by atoms with Crippen molar-refractivity contribution < 1.29 is 14.3 Å². The number of carbonyl (C=O) groups is 1. The summed E-state index contributed by atoms with van der Waals surface area (Å²) < 4.78 is 10.4. The Balaban J connectivity index is 2.53. The van der Waals surface area contributed by atoms with Crippen LogP contribution in [-0.4, -0.2) is 52.2 Å². The third-order valence-electron chi connectivity index (χ3n) is 2.94. The maximum absolute atomic E-state index is 11.7. The van der Waals surface area contributed by atoms with E-state index in [-0.39, 0.29) is 5.91 Å². The van der Waals surface area contributed by atoms with E-state index < -0.39 is 0 Å². The molecule has 0 radical (unpaired) electrons. The van der Waals surface area contributed by atoms with Gasteiger partial charge in [-0.1, -0.05) is 0 Å². The number of carbonyl (C=O) groups excluding carboxylic acids is 1. The fourth-order valence-electron chi connectivity index (χ4n) is 1.79. The standard InChI is InChI=1S/C16H24N2O3/c1-18(2)11-5-10-17-16(19)9-7-13-6-8-14(20-3)12-15(13)21-4/h6-9,12H,5,10-11H2,1-4H3,(H,17,19). The molecule has 1 rings (SSSR count). The highest BCUT2D eigenvalue weighted by Gasteiger charge is 2.03. The van der Waals surface area contributed by atoms with Crippen LogP contribution < -0.4 is 14.8 Å². The summed E-state index contributed by atoms with van der Waals surface area (Å²) in [7, 11) is 7.22. The second kappa shape index (κ2) is 9.02. The van der Waals surface area contributed by atoms with Crippen molar-refractivity contribution in [2.75, 3.05) is 41.4 Å². The van der Waals surface area contributed by atoms with Crippen molar-refractivity contribution in [3.63, 3.8) is 0 Å². The lowest BCUT2D eigenvalue weighted by Crippen LogP contribution is -2.25. The number of rotatable bonds is 8. The molecule has 0 spiro atoms. The normalized spacial score (nSPS) is 10.9. The first-order valence-corrected chi connectivity index (χ1v) is 6.89.